The smallest absolute Gasteiger partial charge is 0.338 e. The van der Waals surface area contributed by atoms with Gasteiger partial charge in [-0.1, -0.05) is 12.1 Å². The first-order chi connectivity index (χ1) is 12.0. The van der Waals surface area contributed by atoms with Crippen LogP contribution in [0.5, 0.6) is 0 Å². The fraction of sp³-hybridized carbons (Fsp3) is 0.263. The van der Waals surface area contributed by atoms with E-state index in [1.807, 2.05) is 0 Å². The standard InChI is InChI=1S/C19H21FN2O3/c1-3-25-19(24)15-5-7-16(8-6-15)21-12-18(23)22-11-14-4-9-17(20)13(2)10-14/h4-10,21H,3,11-12H2,1-2H3,(H,22,23). The Kier molecular flexibility index (Phi) is 6.51. The monoisotopic (exact) mass is 344 g/mol. The molecule has 1 amide bonds. The van der Waals surface area contributed by atoms with Gasteiger partial charge < -0.3 is 15.4 Å². The highest BCUT2D eigenvalue weighted by molar-refractivity contribution is 5.90. The first-order valence-corrected chi connectivity index (χ1v) is 8.02. The van der Waals surface area contributed by atoms with Gasteiger partial charge in [-0.05, 0) is 55.3 Å². The summed E-state index contributed by atoms with van der Waals surface area (Å²) in [5.74, 6) is -0.819. The van der Waals surface area contributed by atoms with E-state index in [1.165, 1.54) is 6.07 Å². The highest BCUT2D eigenvalue weighted by atomic mass is 19.1. The third-order valence-corrected chi connectivity index (χ3v) is 3.56. The maximum atomic E-state index is 13.2. The lowest BCUT2D eigenvalue weighted by Crippen LogP contribution is -2.29. The number of nitrogens with one attached hydrogen (secondary N) is 2. The van der Waals surface area contributed by atoms with Gasteiger partial charge in [0.05, 0.1) is 18.7 Å². The highest BCUT2D eigenvalue weighted by Gasteiger charge is 2.06. The first-order valence-electron chi connectivity index (χ1n) is 8.02. The molecular formula is C19H21FN2O3. The Labute approximate surface area is 146 Å². The van der Waals surface area contributed by atoms with E-state index in [1.54, 1.807) is 50.2 Å². The first kappa shape index (κ1) is 18.4. The average Bonchev–Trinajstić information content (AvgIpc) is 2.61. The van der Waals surface area contributed by atoms with E-state index in [4.69, 9.17) is 4.74 Å². The predicted octanol–water partition coefficient (Wildman–Crippen LogP) is 3.04. The molecule has 0 aromatic heterocycles. The molecule has 6 heteroatoms. The number of benzene rings is 2. The van der Waals surface area contributed by atoms with Gasteiger partial charge >= 0.3 is 5.97 Å². The van der Waals surface area contributed by atoms with Crippen LogP contribution < -0.4 is 10.6 Å². The second-order valence-electron chi connectivity index (χ2n) is 5.51. The lowest BCUT2D eigenvalue weighted by molar-refractivity contribution is -0.119. The molecule has 5 nitrogen and oxygen atoms in total. The molecule has 2 aromatic rings. The molecule has 25 heavy (non-hydrogen) atoms. The molecule has 0 aliphatic rings. The van der Waals surface area contributed by atoms with Crippen molar-refractivity contribution in [3.63, 3.8) is 0 Å². The summed E-state index contributed by atoms with van der Waals surface area (Å²) in [5.41, 5.74) is 2.57. The van der Waals surface area contributed by atoms with Crippen molar-refractivity contribution in [2.24, 2.45) is 0 Å². The number of esters is 1. The molecule has 2 aromatic carbocycles. The maximum Gasteiger partial charge on any atom is 0.338 e. The van der Waals surface area contributed by atoms with Gasteiger partial charge in [-0.15, -0.1) is 0 Å². The van der Waals surface area contributed by atoms with Gasteiger partial charge in [0.15, 0.2) is 0 Å². The summed E-state index contributed by atoms with van der Waals surface area (Å²) >= 11 is 0. The molecule has 0 radical (unpaired) electrons. The second kappa shape index (κ2) is 8.82. The summed E-state index contributed by atoms with van der Waals surface area (Å²) in [4.78, 5) is 23.4. The minimum Gasteiger partial charge on any atom is -0.462 e. The van der Waals surface area contributed by atoms with Crippen LogP contribution >= 0.6 is 0 Å². The van der Waals surface area contributed by atoms with Crippen LogP contribution in [0, 0.1) is 12.7 Å². The third-order valence-electron chi connectivity index (χ3n) is 3.56. The zero-order valence-corrected chi connectivity index (χ0v) is 14.3. The molecule has 0 aliphatic heterocycles. The van der Waals surface area contributed by atoms with Crippen molar-refractivity contribution in [3.8, 4) is 0 Å². The van der Waals surface area contributed by atoms with E-state index in [0.29, 0.717) is 24.3 Å². The molecule has 0 heterocycles. The molecule has 2 N–H and O–H groups in total. The molecule has 0 unspecified atom stereocenters. The lowest BCUT2D eigenvalue weighted by atomic mass is 10.1. The molecule has 0 atom stereocenters. The molecule has 2 rings (SSSR count). The van der Waals surface area contributed by atoms with E-state index in [0.717, 1.165) is 11.3 Å². The topological polar surface area (TPSA) is 67.4 Å². The van der Waals surface area contributed by atoms with Gasteiger partial charge in [-0.3, -0.25) is 4.79 Å². The number of halogens is 1. The van der Waals surface area contributed by atoms with Crippen molar-refractivity contribution in [3.05, 3.63) is 65.0 Å². The number of aryl methyl sites for hydroxylation is 1. The number of carbonyl (C=O) groups excluding carboxylic acids is 2. The summed E-state index contributed by atoms with van der Waals surface area (Å²) in [6.45, 7) is 4.19. The Balaban J connectivity index is 1.79. The van der Waals surface area contributed by atoms with Gasteiger partial charge in [0.2, 0.25) is 5.91 Å². The highest BCUT2D eigenvalue weighted by Crippen LogP contribution is 2.11. The van der Waals surface area contributed by atoms with Gasteiger partial charge in [0.1, 0.15) is 5.82 Å². The second-order valence-corrected chi connectivity index (χ2v) is 5.51. The van der Waals surface area contributed by atoms with Crippen molar-refractivity contribution in [1.29, 1.82) is 0 Å². The van der Waals surface area contributed by atoms with Crippen molar-refractivity contribution in [2.45, 2.75) is 20.4 Å². The lowest BCUT2D eigenvalue weighted by Gasteiger charge is -2.09. The zero-order valence-electron chi connectivity index (χ0n) is 14.3. The van der Waals surface area contributed by atoms with Crippen LogP contribution in [0.2, 0.25) is 0 Å². The minimum atomic E-state index is -0.374. The quantitative estimate of drug-likeness (QED) is 0.758. The van der Waals surface area contributed by atoms with Crippen LogP contribution in [-0.4, -0.2) is 25.0 Å². The maximum absolute atomic E-state index is 13.2. The van der Waals surface area contributed by atoms with Gasteiger partial charge in [-0.25, -0.2) is 9.18 Å². The number of ether oxygens (including phenoxy) is 1. The van der Waals surface area contributed by atoms with E-state index < -0.39 is 0 Å². The van der Waals surface area contributed by atoms with Gasteiger partial charge in [0, 0.05) is 12.2 Å². The fourth-order valence-electron chi connectivity index (χ4n) is 2.20. The fourth-order valence-corrected chi connectivity index (χ4v) is 2.20. The Morgan fingerprint density at radius 3 is 2.48 bits per heavy atom. The third kappa shape index (κ3) is 5.60. The summed E-state index contributed by atoms with van der Waals surface area (Å²) in [5, 5.41) is 5.74. The SMILES string of the molecule is CCOC(=O)c1ccc(NCC(=O)NCc2ccc(F)c(C)c2)cc1. The van der Waals surface area contributed by atoms with Gasteiger partial charge in [0.25, 0.3) is 0 Å². The van der Waals surface area contributed by atoms with Crippen LogP contribution in [0.25, 0.3) is 0 Å². The summed E-state index contributed by atoms with van der Waals surface area (Å²) in [7, 11) is 0. The van der Waals surface area contributed by atoms with Crippen LogP contribution in [-0.2, 0) is 16.1 Å². The minimum absolute atomic E-state index is 0.0962. The van der Waals surface area contributed by atoms with Crippen molar-refractivity contribution in [1.82, 2.24) is 5.32 Å². The summed E-state index contributed by atoms with van der Waals surface area (Å²) in [6.07, 6.45) is 0. The molecular weight excluding hydrogens is 323 g/mol. The van der Waals surface area contributed by atoms with Crippen molar-refractivity contribution < 1.29 is 18.7 Å². The van der Waals surface area contributed by atoms with Crippen molar-refractivity contribution >= 4 is 17.6 Å². The molecule has 0 saturated heterocycles. The molecule has 0 aliphatic carbocycles. The molecule has 0 spiro atoms. The summed E-state index contributed by atoms with van der Waals surface area (Å²) < 4.78 is 18.1. The molecule has 0 bridgehead atoms. The number of amides is 1. The van der Waals surface area contributed by atoms with Crippen LogP contribution in [0.3, 0.4) is 0 Å². The predicted molar refractivity (Wildman–Crippen MR) is 93.9 cm³/mol. The number of rotatable bonds is 7. The van der Waals surface area contributed by atoms with Crippen LogP contribution in [0.4, 0.5) is 10.1 Å². The van der Waals surface area contributed by atoms with Gasteiger partial charge in [-0.2, -0.15) is 0 Å². The average molecular weight is 344 g/mol. The van der Waals surface area contributed by atoms with Crippen LogP contribution in [0.15, 0.2) is 42.5 Å². The number of hydrogen-bond acceptors (Lipinski definition) is 4. The normalized spacial score (nSPS) is 10.2. The van der Waals surface area contributed by atoms with Crippen LogP contribution in [0.1, 0.15) is 28.4 Å². The Hall–Kier alpha value is -2.89. The number of carbonyl (C=O) groups is 2. The zero-order chi connectivity index (χ0) is 18.2. The molecule has 132 valence electrons. The number of hydrogen-bond donors (Lipinski definition) is 2. The van der Waals surface area contributed by atoms with Crippen molar-refractivity contribution in [2.75, 3.05) is 18.5 Å². The van der Waals surface area contributed by atoms with E-state index in [9.17, 15) is 14.0 Å². The molecule has 0 fully saturated rings. The molecule has 0 saturated carbocycles. The largest absolute Gasteiger partial charge is 0.462 e. The summed E-state index contributed by atoms with van der Waals surface area (Å²) in [6, 6.07) is 11.4. The van der Waals surface area contributed by atoms with E-state index in [-0.39, 0.29) is 24.2 Å². The Morgan fingerprint density at radius 1 is 1.12 bits per heavy atom. The Bertz CT molecular complexity index is 745. The Morgan fingerprint density at radius 2 is 1.84 bits per heavy atom. The van der Waals surface area contributed by atoms with E-state index >= 15 is 0 Å². The number of anilines is 1. The van der Waals surface area contributed by atoms with E-state index in [2.05, 4.69) is 10.6 Å².